The number of halogens is 1. The molecule has 0 aliphatic heterocycles. The highest BCUT2D eigenvalue weighted by molar-refractivity contribution is 9.10. The van der Waals surface area contributed by atoms with E-state index in [2.05, 4.69) is 36.9 Å². The van der Waals surface area contributed by atoms with Gasteiger partial charge in [0.25, 0.3) is 11.8 Å². The molecule has 0 unspecified atom stereocenters. The molecule has 0 spiro atoms. The lowest BCUT2D eigenvalue weighted by atomic mass is 10.1. The van der Waals surface area contributed by atoms with Crippen molar-refractivity contribution in [2.45, 2.75) is 32.9 Å². The summed E-state index contributed by atoms with van der Waals surface area (Å²) in [5.74, 6) is -1.69. The van der Waals surface area contributed by atoms with E-state index < -0.39 is 23.6 Å². The number of amides is 3. The number of fused-ring (bicyclic) bond motifs is 1. The Hall–Kier alpha value is -5.03. The van der Waals surface area contributed by atoms with Crippen LogP contribution < -0.4 is 16.0 Å². The number of carbonyl (C=O) groups excluding carboxylic acids is 4. The first-order valence-corrected chi connectivity index (χ1v) is 14.3. The summed E-state index contributed by atoms with van der Waals surface area (Å²) in [6.45, 7) is 5.52. The Morgan fingerprint density at radius 2 is 1.70 bits per heavy atom. The van der Waals surface area contributed by atoms with Gasteiger partial charge in [0.2, 0.25) is 0 Å². The molecule has 0 radical (unpaired) electrons. The van der Waals surface area contributed by atoms with Crippen molar-refractivity contribution in [1.29, 1.82) is 0 Å². The third-order valence-corrected chi connectivity index (χ3v) is 6.73. The summed E-state index contributed by atoms with van der Waals surface area (Å²) in [4.78, 5) is 54.9. The van der Waals surface area contributed by atoms with Crippen LogP contribution in [0.2, 0.25) is 0 Å². The average Bonchev–Trinajstić information content (AvgIpc) is 2.98. The van der Waals surface area contributed by atoms with Gasteiger partial charge in [-0.2, -0.15) is 0 Å². The first-order chi connectivity index (χ1) is 20.9. The van der Waals surface area contributed by atoms with E-state index in [1.165, 1.54) is 31.4 Å². The van der Waals surface area contributed by atoms with E-state index >= 15 is 0 Å². The van der Waals surface area contributed by atoms with E-state index in [0.717, 1.165) is 16.5 Å². The van der Waals surface area contributed by atoms with Gasteiger partial charge in [-0.25, -0.2) is 9.59 Å². The third kappa shape index (κ3) is 8.74. The Bertz CT molecular complexity index is 1760. The molecule has 44 heavy (non-hydrogen) atoms. The third-order valence-electron chi connectivity index (χ3n) is 6.08. The number of hydrogen-bond acceptors (Lipinski definition) is 7. The predicted molar refractivity (Wildman–Crippen MR) is 171 cm³/mol. The van der Waals surface area contributed by atoms with Crippen molar-refractivity contribution < 1.29 is 28.7 Å². The van der Waals surface area contributed by atoms with E-state index in [-0.39, 0.29) is 23.7 Å². The quantitative estimate of drug-likeness (QED) is 0.151. The first kappa shape index (κ1) is 31.9. The highest BCUT2D eigenvalue weighted by Gasteiger charge is 2.19. The van der Waals surface area contributed by atoms with E-state index in [9.17, 15) is 19.2 Å². The summed E-state index contributed by atoms with van der Waals surface area (Å²) in [6, 6.07) is 20.9. The SMILES string of the molecule is COC(=O)C(=Cc1cnc2ccccc2c1)NC(=O)c1ccc(C(=O)NCc2cccc(NC(=O)OC(C)(C)C)c2)cc1Br. The number of pyridine rings is 1. The molecular formula is C33H31BrN4O6. The van der Waals surface area contributed by atoms with Crippen LogP contribution in [0.4, 0.5) is 10.5 Å². The van der Waals surface area contributed by atoms with Crippen molar-refractivity contribution in [1.82, 2.24) is 15.6 Å². The number of anilines is 1. The molecule has 0 saturated heterocycles. The molecular weight excluding hydrogens is 628 g/mol. The average molecular weight is 660 g/mol. The Morgan fingerprint density at radius 3 is 2.43 bits per heavy atom. The molecule has 226 valence electrons. The fraction of sp³-hybridized carbons (Fsp3) is 0.182. The number of methoxy groups -OCH3 is 1. The topological polar surface area (TPSA) is 136 Å². The summed E-state index contributed by atoms with van der Waals surface area (Å²) in [5, 5.41) is 8.97. The molecule has 0 fully saturated rings. The van der Waals surface area contributed by atoms with Crippen molar-refractivity contribution in [2.24, 2.45) is 0 Å². The fourth-order valence-electron chi connectivity index (χ4n) is 4.08. The lowest BCUT2D eigenvalue weighted by Crippen LogP contribution is -2.28. The van der Waals surface area contributed by atoms with Gasteiger partial charge in [0.1, 0.15) is 11.3 Å². The lowest BCUT2D eigenvalue weighted by molar-refractivity contribution is -0.136. The summed E-state index contributed by atoms with van der Waals surface area (Å²) in [7, 11) is 1.22. The lowest BCUT2D eigenvalue weighted by Gasteiger charge is -2.19. The number of hydrogen-bond donors (Lipinski definition) is 3. The molecule has 0 atom stereocenters. The van der Waals surface area contributed by atoms with Crippen LogP contribution in [0.1, 0.15) is 52.6 Å². The molecule has 0 aliphatic carbocycles. The second kappa shape index (κ2) is 14.0. The van der Waals surface area contributed by atoms with Gasteiger partial charge in [0.05, 0.1) is 18.2 Å². The number of ether oxygens (including phenoxy) is 2. The number of nitrogens with one attached hydrogen (secondary N) is 3. The minimum absolute atomic E-state index is 0.0771. The van der Waals surface area contributed by atoms with Crippen molar-refractivity contribution in [2.75, 3.05) is 12.4 Å². The van der Waals surface area contributed by atoms with Crippen LogP contribution in [-0.4, -0.2) is 41.6 Å². The van der Waals surface area contributed by atoms with Crippen molar-refractivity contribution in [3.8, 4) is 0 Å². The van der Waals surface area contributed by atoms with Gasteiger partial charge in [0, 0.05) is 33.9 Å². The van der Waals surface area contributed by atoms with Gasteiger partial charge in [-0.15, -0.1) is 0 Å². The fourth-order valence-corrected chi connectivity index (χ4v) is 4.64. The molecule has 10 nitrogen and oxygen atoms in total. The summed E-state index contributed by atoms with van der Waals surface area (Å²) < 4.78 is 10.5. The largest absolute Gasteiger partial charge is 0.464 e. The molecule has 4 rings (SSSR count). The standard InChI is InChI=1S/C33H31BrN4O6/c1-33(2,3)44-32(42)37-24-10-7-8-20(15-24)18-36-29(39)23-12-13-25(26(34)17-23)30(40)38-28(31(41)43-4)16-21-14-22-9-5-6-11-27(22)35-19-21/h5-17,19H,18H2,1-4H3,(H,36,39)(H,37,42)(H,38,40). The highest BCUT2D eigenvalue weighted by Crippen LogP contribution is 2.21. The molecule has 3 amide bonds. The highest BCUT2D eigenvalue weighted by atomic mass is 79.9. The normalized spacial score (nSPS) is 11.4. The molecule has 0 bridgehead atoms. The maximum absolute atomic E-state index is 13.1. The number of carbonyl (C=O) groups is 4. The smallest absolute Gasteiger partial charge is 0.412 e. The van der Waals surface area contributed by atoms with Crippen molar-refractivity contribution >= 4 is 62.5 Å². The predicted octanol–water partition coefficient (Wildman–Crippen LogP) is 6.22. The Balaban J connectivity index is 1.42. The molecule has 3 N–H and O–H groups in total. The van der Waals surface area contributed by atoms with Gasteiger partial charge >= 0.3 is 12.1 Å². The van der Waals surface area contributed by atoms with Crippen LogP contribution in [0.5, 0.6) is 0 Å². The van der Waals surface area contributed by atoms with Gasteiger partial charge in [0.15, 0.2) is 0 Å². The monoisotopic (exact) mass is 658 g/mol. The van der Waals surface area contributed by atoms with Crippen LogP contribution in [0.25, 0.3) is 17.0 Å². The van der Waals surface area contributed by atoms with Gasteiger partial charge < -0.3 is 20.1 Å². The molecule has 1 aromatic heterocycles. The van der Waals surface area contributed by atoms with Gasteiger partial charge in [-0.1, -0.05) is 30.3 Å². The van der Waals surface area contributed by atoms with Crippen LogP contribution in [0, 0.1) is 0 Å². The number of nitrogens with zero attached hydrogens (tertiary/aromatic N) is 1. The zero-order valence-electron chi connectivity index (χ0n) is 24.6. The minimum Gasteiger partial charge on any atom is -0.464 e. The zero-order chi connectivity index (χ0) is 31.9. The molecule has 0 saturated carbocycles. The van der Waals surface area contributed by atoms with E-state index in [4.69, 9.17) is 9.47 Å². The first-order valence-electron chi connectivity index (χ1n) is 13.5. The van der Waals surface area contributed by atoms with Crippen molar-refractivity contribution in [3.05, 3.63) is 111 Å². The summed E-state index contributed by atoms with van der Waals surface area (Å²) >= 11 is 3.36. The van der Waals surface area contributed by atoms with E-state index in [0.29, 0.717) is 21.3 Å². The van der Waals surface area contributed by atoms with E-state index in [1.807, 2.05) is 36.4 Å². The number of esters is 1. The zero-order valence-corrected chi connectivity index (χ0v) is 26.2. The maximum atomic E-state index is 13.1. The molecule has 11 heteroatoms. The second-order valence-electron chi connectivity index (χ2n) is 10.7. The van der Waals surface area contributed by atoms with Crippen LogP contribution in [0.3, 0.4) is 0 Å². The van der Waals surface area contributed by atoms with Crippen LogP contribution >= 0.6 is 15.9 Å². The number of rotatable bonds is 8. The number of para-hydroxylation sites is 1. The van der Waals surface area contributed by atoms with Gasteiger partial charge in [-0.3, -0.25) is 19.9 Å². The maximum Gasteiger partial charge on any atom is 0.412 e. The van der Waals surface area contributed by atoms with Crippen LogP contribution in [0.15, 0.2) is 89.2 Å². The summed E-state index contributed by atoms with van der Waals surface area (Å²) in [6.07, 6.45) is 2.50. The van der Waals surface area contributed by atoms with E-state index in [1.54, 1.807) is 45.2 Å². The second-order valence-corrected chi connectivity index (χ2v) is 11.5. The molecule has 3 aromatic carbocycles. The van der Waals surface area contributed by atoms with Crippen LogP contribution in [-0.2, 0) is 20.8 Å². The minimum atomic E-state index is -0.732. The van der Waals surface area contributed by atoms with Gasteiger partial charge in [-0.05, 0) is 96.4 Å². The number of aromatic nitrogens is 1. The Morgan fingerprint density at radius 1 is 0.932 bits per heavy atom. The summed E-state index contributed by atoms with van der Waals surface area (Å²) in [5.41, 5.74) is 2.48. The van der Waals surface area contributed by atoms with Crippen molar-refractivity contribution in [3.63, 3.8) is 0 Å². The number of benzene rings is 3. The Kier molecular flexibility index (Phi) is 10.1. The molecule has 0 aliphatic rings. The molecule has 4 aromatic rings. The molecule has 1 heterocycles. The Labute approximate surface area is 263 Å².